The van der Waals surface area contributed by atoms with Crippen molar-refractivity contribution in [3.8, 4) is 0 Å². The minimum atomic E-state index is -1.13. The van der Waals surface area contributed by atoms with Crippen LogP contribution in [0.25, 0.3) is 0 Å². The predicted molar refractivity (Wildman–Crippen MR) is 50.6 cm³/mol. The number of aliphatic carboxylic acids is 1. The topological polar surface area (TPSA) is 108 Å². The molecular weight excluding hydrogens is 210 g/mol. The molecule has 0 aromatic carbocycles. The van der Waals surface area contributed by atoms with Gasteiger partial charge in [-0.1, -0.05) is 0 Å². The van der Waals surface area contributed by atoms with Gasteiger partial charge in [-0.2, -0.15) is 12.6 Å². The highest BCUT2D eigenvalue weighted by molar-refractivity contribution is 7.81. The first-order valence-corrected chi connectivity index (χ1v) is 4.30. The Labute approximate surface area is 85.6 Å². The number of carbonyl (C=O) groups is 3. The smallest absolute Gasteiger partial charge is 0.322 e. The van der Waals surface area contributed by atoms with E-state index < -0.39 is 18.4 Å². The molecule has 0 rings (SSSR count). The van der Waals surface area contributed by atoms with Gasteiger partial charge >= 0.3 is 5.97 Å². The summed E-state index contributed by atoms with van der Waals surface area (Å²) in [5.74, 6) is -2.02. The van der Waals surface area contributed by atoms with Crippen molar-refractivity contribution < 1.29 is 19.5 Å². The SMILES string of the molecule is O=C(O)CNC(=O)CNNC(=O)CS. The van der Waals surface area contributed by atoms with E-state index in [4.69, 9.17) is 5.11 Å². The average Bonchev–Trinajstić information content (AvgIpc) is 2.14. The van der Waals surface area contributed by atoms with Crippen LogP contribution in [0.15, 0.2) is 0 Å². The normalized spacial score (nSPS) is 9.21. The Hall–Kier alpha value is -1.28. The number of rotatable bonds is 6. The number of carbonyl (C=O) groups excluding carboxylic acids is 2. The first-order chi connectivity index (χ1) is 6.56. The molecule has 0 aliphatic carbocycles. The van der Waals surface area contributed by atoms with Gasteiger partial charge < -0.3 is 10.4 Å². The molecule has 0 saturated heterocycles. The van der Waals surface area contributed by atoms with Gasteiger partial charge in [0.1, 0.15) is 6.54 Å². The molecule has 0 saturated carbocycles. The number of hydrogen-bond acceptors (Lipinski definition) is 5. The third-order valence-corrected chi connectivity index (χ3v) is 1.34. The summed E-state index contributed by atoms with van der Waals surface area (Å²) >= 11 is 3.68. The van der Waals surface area contributed by atoms with Crippen molar-refractivity contribution in [2.24, 2.45) is 0 Å². The van der Waals surface area contributed by atoms with Gasteiger partial charge in [0.25, 0.3) is 0 Å². The molecule has 0 aromatic heterocycles. The van der Waals surface area contributed by atoms with Gasteiger partial charge in [0.2, 0.25) is 11.8 Å². The summed E-state index contributed by atoms with van der Waals surface area (Å²) in [6.45, 7) is -0.631. The molecule has 0 atom stereocenters. The second-order valence-electron chi connectivity index (χ2n) is 2.23. The molecule has 0 radical (unpaired) electrons. The lowest BCUT2D eigenvalue weighted by molar-refractivity contribution is -0.137. The van der Waals surface area contributed by atoms with E-state index in [0.29, 0.717) is 0 Å². The quantitative estimate of drug-likeness (QED) is 0.257. The summed E-state index contributed by atoms with van der Waals surface area (Å²) in [4.78, 5) is 31.4. The van der Waals surface area contributed by atoms with Gasteiger partial charge in [-0.25, -0.2) is 5.43 Å². The lowest BCUT2D eigenvalue weighted by Gasteiger charge is -2.05. The van der Waals surface area contributed by atoms with E-state index >= 15 is 0 Å². The number of carboxylic acids is 1. The second-order valence-corrected chi connectivity index (χ2v) is 2.55. The van der Waals surface area contributed by atoms with Crippen LogP contribution in [-0.4, -0.2) is 41.7 Å². The van der Waals surface area contributed by atoms with Gasteiger partial charge in [-0.05, 0) is 0 Å². The van der Waals surface area contributed by atoms with E-state index in [-0.39, 0.29) is 18.2 Å². The van der Waals surface area contributed by atoms with E-state index in [9.17, 15) is 14.4 Å². The van der Waals surface area contributed by atoms with Crippen LogP contribution in [0.4, 0.5) is 0 Å². The molecule has 0 fully saturated rings. The fraction of sp³-hybridized carbons (Fsp3) is 0.500. The van der Waals surface area contributed by atoms with E-state index in [2.05, 4.69) is 28.8 Å². The molecule has 7 nitrogen and oxygen atoms in total. The molecule has 0 aromatic rings. The summed E-state index contributed by atoms with van der Waals surface area (Å²) in [6, 6.07) is 0. The zero-order valence-corrected chi connectivity index (χ0v) is 8.13. The molecular formula is C6H11N3O4S. The van der Waals surface area contributed by atoms with Crippen LogP contribution >= 0.6 is 12.6 Å². The van der Waals surface area contributed by atoms with Crippen LogP contribution in [-0.2, 0) is 14.4 Å². The zero-order chi connectivity index (χ0) is 11.0. The number of carboxylic acid groups (broad SMARTS) is 1. The van der Waals surface area contributed by atoms with Crippen LogP contribution in [0.1, 0.15) is 0 Å². The Morgan fingerprint density at radius 3 is 2.29 bits per heavy atom. The monoisotopic (exact) mass is 221 g/mol. The third-order valence-electron chi connectivity index (χ3n) is 1.06. The van der Waals surface area contributed by atoms with Crippen LogP contribution in [0, 0.1) is 0 Å². The van der Waals surface area contributed by atoms with Crippen molar-refractivity contribution in [2.75, 3.05) is 18.8 Å². The molecule has 0 bridgehead atoms. The summed E-state index contributed by atoms with van der Waals surface area (Å²) in [7, 11) is 0. The van der Waals surface area contributed by atoms with Gasteiger partial charge in [0.15, 0.2) is 0 Å². The highest BCUT2D eigenvalue weighted by Gasteiger charge is 2.03. The fourth-order valence-corrected chi connectivity index (χ4v) is 0.578. The molecule has 4 N–H and O–H groups in total. The molecule has 14 heavy (non-hydrogen) atoms. The summed E-state index contributed by atoms with van der Waals surface area (Å²) in [5.41, 5.74) is 4.48. The van der Waals surface area contributed by atoms with Crippen molar-refractivity contribution >= 4 is 30.4 Å². The molecule has 0 heterocycles. The molecule has 0 unspecified atom stereocenters. The maximum Gasteiger partial charge on any atom is 0.322 e. The summed E-state index contributed by atoms with van der Waals surface area (Å²) < 4.78 is 0. The lowest BCUT2D eigenvalue weighted by Crippen LogP contribution is -2.45. The lowest BCUT2D eigenvalue weighted by atomic mass is 10.5. The van der Waals surface area contributed by atoms with E-state index in [0.717, 1.165) is 0 Å². The molecule has 80 valence electrons. The molecule has 0 aliphatic heterocycles. The van der Waals surface area contributed by atoms with Crippen molar-refractivity contribution in [1.29, 1.82) is 0 Å². The van der Waals surface area contributed by atoms with E-state index in [1.807, 2.05) is 0 Å². The van der Waals surface area contributed by atoms with Crippen LogP contribution in [0.3, 0.4) is 0 Å². The number of hydrazine groups is 1. The summed E-state index contributed by atoms with van der Waals surface area (Å²) in [6.07, 6.45) is 0. The van der Waals surface area contributed by atoms with Crippen molar-refractivity contribution in [1.82, 2.24) is 16.2 Å². The highest BCUT2D eigenvalue weighted by Crippen LogP contribution is 1.70. The molecule has 0 spiro atoms. The number of amides is 2. The Morgan fingerprint density at radius 2 is 1.79 bits per heavy atom. The van der Waals surface area contributed by atoms with Gasteiger partial charge in [-0.3, -0.25) is 19.8 Å². The Bertz CT molecular complexity index is 233. The van der Waals surface area contributed by atoms with Gasteiger partial charge in [0.05, 0.1) is 12.3 Å². The molecule has 2 amide bonds. The number of nitrogens with one attached hydrogen (secondary N) is 3. The zero-order valence-electron chi connectivity index (χ0n) is 7.24. The molecule has 8 heteroatoms. The minimum Gasteiger partial charge on any atom is -0.480 e. The predicted octanol–water partition coefficient (Wildman–Crippen LogP) is -2.26. The van der Waals surface area contributed by atoms with E-state index in [1.54, 1.807) is 0 Å². The van der Waals surface area contributed by atoms with Crippen LogP contribution in [0.5, 0.6) is 0 Å². The first-order valence-electron chi connectivity index (χ1n) is 3.67. The number of thiol groups is 1. The van der Waals surface area contributed by atoms with Crippen LogP contribution in [0.2, 0.25) is 0 Å². The fourth-order valence-electron chi connectivity index (χ4n) is 0.499. The third kappa shape index (κ3) is 7.37. The first kappa shape index (κ1) is 12.7. The van der Waals surface area contributed by atoms with Crippen molar-refractivity contribution in [3.05, 3.63) is 0 Å². The highest BCUT2D eigenvalue weighted by atomic mass is 32.1. The Balaban J connectivity index is 3.45. The largest absolute Gasteiger partial charge is 0.480 e. The Kier molecular flexibility index (Phi) is 6.50. The standard InChI is InChI=1S/C6H11N3O4S/c10-4(7-2-6(12)13)1-8-9-5(11)3-14/h8,14H,1-3H2,(H,7,10)(H,9,11)(H,12,13). The van der Waals surface area contributed by atoms with Crippen molar-refractivity contribution in [2.45, 2.75) is 0 Å². The average molecular weight is 221 g/mol. The minimum absolute atomic E-state index is 0.00372. The maximum atomic E-state index is 10.8. The Morgan fingerprint density at radius 1 is 1.14 bits per heavy atom. The van der Waals surface area contributed by atoms with Gasteiger partial charge in [0, 0.05) is 0 Å². The second kappa shape index (κ2) is 7.15. The summed E-state index contributed by atoms with van der Waals surface area (Å²) in [5, 5.41) is 10.3. The molecule has 0 aliphatic rings. The van der Waals surface area contributed by atoms with Crippen LogP contribution < -0.4 is 16.2 Å². The van der Waals surface area contributed by atoms with Crippen molar-refractivity contribution in [3.63, 3.8) is 0 Å². The maximum absolute atomic E-state index is 10.8. The van der Waals surface area contributed by atoms with E-state index in [1.165, 1.54) is 0 Å². The van der Waals surface area contributed by atoms with Gasteiger partial charge in [-0.15, -0.1) is 0 Å². The number of hydrogen-bond donors (Lipinski definition) is 5.